The van der Waals surface area contributed by atoms with Crippen LogP contribution >= 0.6 is 0 Å². The third-order valence-electron chi connectivity index (χ3n) is 8.56. The van der Waals surface area contributed by atoms with Crippen LogP contribution in [0.15, 0.2) is 109 Å². The fraction of sp³-hybridized carbons (Fsp3) is 0.289. The molecule has 0 radical (unpaired) electrons. The average Bonchev–Trinajstić information content (AvgIpc) is 3.42. The number of para-hydroxylation sites is 1. The molecule has 0 aliphatic carbocycles. The Morgan fingerprint density at radius 3 is 2.43 bits per heavy atom. The first kappa shape index (κ1) is 29.6. The number of hydrogen-bond acceptors (Lipinski definition) is 3. The van der Waals surface area contributed by atoms with Crippen LogP contribution in [0, 0.1) is 5.82 Å². The fourth-order valence-corrected chi connectivity index (χ4v) is 6.23. The number of nitrogens with zero attached hydrogens (tertiary/aromatic N) is 2. The maximum Gasteiger partial charge on any atom is 0.220 e. The van der Waals surface area contributed by atoms with E-state index in [2.05, 4.69) is 57.4 Å². The third-order valence-corrected chi connectivity index (χ3v) is 8.56. The van der Waals surface area contributed by atoms with Crippen LogP contribution in [-0.2, 0) is 17.9 Å². The topological polar surface area (TPSA) is 46.5 Å². The summed E-state index contributed by atoms with van der Waals surface area (Å²) in [5.41, 5.74) is 5.33. The summed E-state index contributed by atoms with van der Waals surface area (Å²) >= 11 is 0. The van der Waals surface area contributed by atoms with Crippen LogP contribution in [0.3, 0.4) is 0 Å². The van der Waals surface area contributed by atoms with Gasteiger partial charge in [0.15, 0.2) is 0 Å². The fourth-order valence-electron chi connectivity index (χ4n) is 6.23. The predicted molar refractivity (Wildman–Crippen MR) is 174 cm³/mol. The molecule has 1 aliphatic heterocycles. The molecule has 1 N–H and O–H groups in total. The molecule has 5 aromatic rings. The number of halogens is 1. The molecule has 0 bridgehead atoms. The number of ether oxygens (including phenoxy) is 1. The van der Waals surface area contributed by atoms with Crippen LogP contribution in [0.4, 0.5) is 4.39 Å². The number of rotatable bonds is 12. The Kier molecular flexibility index (Phi) is 9.68. The van der Waals surface area contributed by atoms with E-state index in [-0.39, 0.29) is 17.6 Å². The number of aromatic nitrogens is 1. The molecule has 0 saturated carbocycles. The lowest BCUT2D eigenvalue weighted by Crippen LogP contribution is -2.38. The van der Waals surface area contributed by atoms with Crippen molar-refractivity contribution in [3.8, 4) is 5.75 Å². The Labute approximate surface area is 259 Å². The quantitative estimate of drug-likeness (QED) is 0.164. The van der Waals surface area contributed by atoms with Gasteiger partial charge in [-0.3, -0.25) is 4.79 Å². The van der Waals surface area contributed by atoms with Gasteiger partial charge in [-0.2, -0.15) is 0 Å². The molecule has 1 aliphatic rings. The van der Waals surface area contributed by atoms with Gasteiger partial charge in [-0.05, 0) is 78.5 Å². The molecule has 6 heteroatoms. The molecule has 1 saturated heterocycles. The van der Waals surface area contributed by atoms with Gasteiger partial charge < -0.3 is 19.5 Å². The van der Waals surface area contributed by atoms with Crippen molar-refractivity contribution in [1.29, 1.82) is 0 Å². The van der Waals surface area contributed by atoms with Crippen molar-refractivity contribution in [1.82, 2.24) is 14.8 Å². The lowest BCUT2D eigenvalue weighted by Gasteiger charge is -2.26. The molecule has 1 amide bonds. The molecular formula is C38H40FN3O2. The minimum Gasteiger partial charge on any atom is -0.489 e. The van der Waals surface area contributed by atoms with E-state index < -0.39 is 0 Å². The van der Waals surface area contributed by atoms with Crippen LogP contribution in [0.25, 0.3) is 10.9 Å². The van der Waals surface area contributed by atoms with Crippen molar-refractivity contribution < 1.29 is 13.9 Å². The molecule has 6 rings (SSSR count). The molecule has 226 valence electrons. The van der Waals surface area contributed by atoms with Crippen LogP contribution in [-0.4, -0.2) is 41.6 Å². The normalized spacial score (nSPS) is 14.4. The Balaban J connectivity index is 1.28. The average molecular weight is 590 g/mol. The van der Waals surface area contributed by atoms with Crippen LogP contribution in [0.2, 0.25) is 0 Å². The number of amides is 1. The van der Waals surface area contributed by atoms with Gasteiger partial charge >= 0.3 is 0 Å². The summed E-state index contributed by atoms with van der Waals surface area (Å²) in [6.07, 6.45) is 6.26. The van der Waals surface area contributed by atoms with E-state index in [1.165, 1.54) is 31.4 Å². The summed E-state index contributed by atoms with van der Waals surface area (Å²) in [4.78, 5) is 15.9. The van der Waals surface area contributed by atoms with Gasteiger partial charge in [-0.1, -0.05) is 79.2 Å². The van der Waals surface area contributed by atoms with Gasteiger partial charge in [0, 0.05) is 49.1 Å². The van der Waals surface area contributed by atoms with E-state index in [9.17, 15) is 9.18 Å². The Morgan fingerprint density at radius 2 is 1.61 bits per heavy atom. The lowest BCUT2D eigenvalue weighted by molar-refractivity contribution is -0.121. The number of benzene rings is 4. The smallest absolute Gasteiger partial charge is 0.220 e. The standard InChI is InChI=1S/C38H40FN3O2/c39-32-18-16-29(17-19-32)26-42-27-36(34-14-5-6-15-37(34)42)35(25-38(43)40-20-23-41-21-7-2-8-22-41)31-12-9-13-33(24-31)44-28-30-10-3-1-4-11-30/h1,3-6,9-19,24,27,35H,2,7-8,20-23,25-26,28H2,(H,40,43). The zero-order valence-electron chi connectivity index (χ0n) is 25.1. The van der Waals surface area contributed by atoms with Crippen molar-refractivity contribution in [3.63, 3.8) is 0 Å². The number of hydrogen-bond donors (Lipinski definition) is 1. The lowest BCUT2D eigenvalue weighted by atomic mass is 9.88. The molecule has 0 spiro atoms. The summed E-state index contributed by atoms with van der Waals surface area (Å²) in [7, 11) is 0. The number of piperidine rings is 1. The summed E-state index contributed by atoms with van der Waals surface area (Å²) in [5, 5.41) is 4.31. The SMILES string of the molecule is O=C(CC(c1cccc(OCc2ccccc2)c1)c1cn(Cc2ccc(F)cc2)c2ccccc12)NCCN1CCCCC1. The summed E-state index contributed by atoms with van der Waals surface area (Å²) in [6, 6.07) is 33.2. The monoisotopic (exact) mass is 589 g/mol. The summed E-state index contributed by atoms with van der Waals surface area (Å²) in [5.74, 6) is 0.395. The Hall–Kier alpha value is -4.42. The third kappa shape index (κ3) is 7.56. The van der Waals surface area contributed by atoms with Crippen molar-refractivity contribution in [2.24, 2.45) is 0 Å². The highest BCUT2D eigenvalue weighted by Gasteiger charge is 2.24. The zero-order valence-corrected chi connectivity index (χ0v) is 25.1. The molecule has 5 nitrogen and oxygen atoms in total. The molecule has 1 atom stereocenters. The largest absolute Gasteiger partial charge is 0.489 e. The second-order valence-corrected chi connectivity index (χ2v) is 11.7. The summed E-state index contributed by atoms with van der Waals surface area (Å²) in [6.45, 7) is 4.84. The maximum absolute atomic E-state index is 13.6. The second-order valence-electron chi connectivity index (χ2n) is 11.7. The van der Waals surface area contributed by atoms with E-state index in [0.717, 1.165) is 58.5 Å². The molecule has 4 aromatic carbocycles. The Morgan fingerprint density at radius 1 is 0.841 bits per heavy atom. The van der Waals surface area contributed by atoms with Crippen LogP contribution in [0.1, 0.15) is 53.9 Å². The Bertz CT molecular complexity index is 1660. The molecule has 1 aromatic heterocycles. The highest BCUT2D eigenvalue weighted by atomic mass is 19.1. The van der Waals surface area contributed by atoms with Crippen LogP contribution < -0.4 is 10.1 Å². The predicted octanol–water partition coefficient (Wildman–Crippen LogP) is 7.53. The van der Waals surface area contributed by atoms with Gasteiger partial charge in [0.1, 0.15) is 18.2 Å². The number of nitrogens with one attached hydrogen (secondary N) is 1. The number of carbonyl (C=O) groups is 1. The molecule has 2 heterocycles. The van der Waals surface area contributed by atoms with Gasteiger partial charge in [0.05, 0.1) is 0 Å². The van der Waals surface area contributed by atoms with E-state index in [0.29, 0.717) is 26.1 Å². The van der Waals surface area contributed by atoms with Gasteiger partial charge in [0.25, 0.3) is 0 Å². The van der Waals surface area contributed by atoms with Crippen molar-refractivity contribution >= 4 is 16.8 Å². The number of likely N-dealkylation sites (tertiary alicyclic amines) is 1. The first-order valence-electron chi connectivity index (χ1n) is 15.7. The van der Waals surface area contributed by atoms with Gasteiger partial charge in [-0.25, -0.2) is 4.39 Å². The second kappa shape index (κ2) is 14.4. The van der Waals surface area contributed by atoms with E-state index in [1.807, 2.05) is 54.6 Å². The van der Waals surface area contributed by atoms with Crippen LogP contribution in [0.5, 0.6) is 5.75 Å². The van der Waals surface area contributed by atoms with E-state index in [1.54, 1.807) is 0 Å². The summed E-state index contributed by atoms with van der Waals surface area (Å²) < 4.78 is 22.0. The highest BCUT2D eigenvalue weighted by Crippen LogP contribution is 2.36. The molecule has 44 heavy (non-hydrogen) atoms. The minimum absolute atomic E-state index is 0.0398. The molecule has 1 unspecified atom stereocenters. The number of fused-ring (bicyclic) bond motifs is 1. The molecular weight excluding hydrogens is 549 g/mol. The first-order chi connectivity index (χ1) is 21.6. The molecule has 1 fully saturated rings. The number of carbonyl (C=O) groups excluding carboxylic acids is 1. The van der Waals surface area contributed by atoms with Gasteiger partial charge in [-0.15, -0.1) is 0 Å². The zero-order chi connectivity index (χ0) is 30.1. The maximum atomic E-state index is 13.6. The van der Waals surface area contributed by atoms with E-state index >= 15 is 0 Å². The van der Waals surface area contributed by atoms with Crippen molar-refractivity contribution in [2.45, 2.75) is 44.8 Å². The van der Waals surface area contributed by atoms with Crippen molar-refractivity contribution in [2.75, 3.05) is 26.2 Å². The first-order valence-corrected chi connectivity index (χ1v) is 15.7. The highest BCUT2D eigenvalue weighted by molar-refractivity contribution is 5.87. The van der Waals surface area contributed by atoms with Crippen molar-refractivity contribution in [3.05, 3.63) is 137 Å². The minimum atomic E-state index is -0.243. The van der Waals surface area contributed by atoms with E-state index in [4.69, 9.17) is 4.74 Å². The van der Waals surface area contributed by atoms with Gasteiger partial charge in [0.2, 0.25) is 5.91 Å².